The van der Waals surface area contributed by atoms with Gasteiger partial charge in [0, 0.05) is 31.3 Å². The summed E-state index contributed by atoms with van der Waals surface area (Å²) in [6, 6.07) is 19.3. The smallest absolute Gasteiger partial charge is 0.280 e. The third-order valence-electron chi connectivity index (χ3n) is 3.96. The summed E-state index contributed by atoms with van der Waals surface area (Å²) in [6.45, 7) is 0.661. The Morgan fingerprint density at radius 1 is 0.960 bits per heavy atom. The summed E-state index contributed by atoms with van der Waals surface area (Å²) in [6.07, 6.45) is 7.19. The molecule has 4 rings (SSSR count). The molecule has 25 heavy (non-hydrogen) atoms. The molecule has 5 heteroatoms. The standard InChI is InChI=1S/C20H16N4O/c25-20(17-9-10-18-21-11-13-24(18)15-17)22-19-8-4-5-12-23(19)14-16-6-2-1-3-7-16/h1-13,15H,14H2. The number of benzene rings is 1. The van der Waals surface area contributed by atoms with E-state index < -0.39 is 0 Å². The molecule has 0 radical (unpaired) electrons. The van der Waals surface area contributed by atoms with Gasteiger partial charge < -0.3 is 8.97 Å². The molecule has 0 saturated carbocycles. The van der Waals surface area contributed by atoms with Gasteiger partial charge in [0.15, 0.2) is 0 Å². The van der Waals surface area contributed by atoms with Gasteiger partial charge in [-0.3, -0.25) is 4.79 Å². The first-order chi connectivity index (χ1) is 12.3. The molecule has 3 heterocycles. The van der Waals surface area contributed by atoms with Gasteiger partial charge in [0.1, 0.15) is 11.1 Å². The summed E-state index contributed by atoms with van der Waals surface area (Å²) in [5.74, 6) is -0.274. The molecule has 122 valence electrons. The number of fused-ring (bicyclic) bond motifs is 1. The lowest BCUT2D eigenvalue weighted by atomic mass is 10.2. The fraction of sp³-hybridized carbons (Fsp3) is 0.0500. The van der Waals surface area contributed by atoms with Gasteiger partial charge in [0.05, 0.1) is 5.56 Å². The number of carbonyl (C=O) groups excluding carboxylic acids is 1. The lowest BCUT2D eigenvalue weighted by Crippen LogP contribution is -2.22. The molecule has 0 unspecified atom stereocenters. The minimum atomic E-state index is -0.274. The van der Waals surface area contributed by atoms with Crippen LogP contribution in [0.15, 0.2) is 90.4 Å². The van der Waals surface area contributed by atoms with Gasteiger partial charge in [0.2, 0.25) is 0 Å². The Morgan fingerprint density at radius 3 is 2.68 bits per heavy atom. The van der Waals surface area contributed by atoms with Crippen LogP contribution in [0.2, 0.25) is 0 Å². The maximum absolute atomic E-state index is 12.6. The number of aromatic nitrogens is 3. The lowest BCUT2D eigenvalue weighted by molar-refractivity contribution is 0.0996. The fourth-order valence-corrected chi connectivity index (χ4v) is 2.70. The van der Waals surface area contributed by atoms with Crippen molar-refractivity contribution >= 4 is 11.6 Å². The summed E-state index contributed by atoms with van der Waals surface area (Å²) in [7, 11) is 0. The lowest BCUT2D eigenvalue weighted by Gasteiger charge is -2.07. The van der Waals surface area contributed by atoms with E-state index in [4.69, 9.17) is 0 Å². The van der Waals surface area contributed by atoms with Crippen LogP contribution < -0.4 is 5.49 Å². The first kappa shape index (κ1) is 15.1. The van der Waals surface area contributed by atoms with Crippen LogP contribution in [0.3, 0.4) is 0 Å². The van der Waals surface area contributed by atoms with E-state index in [2.05, 4.69) is 22.1 Å². The number of imidazole rings is 1. The summed E-state index contributed by atoms with van der Waals surface area (Å²) in [5, 5.41) is 0. The van der Waals surface area contributed by atoms with Crippen molar-refractivity contribution < 1.29 is 4.79 Å². The van der Waals surface area contributed by atoms with Crippen LogP contribution in [0.25, 0.3) is 5.65 Å². The molecule has 1 amide bonds. The monoisotopic (exact) mass is 328 g/mol. The second kappa shape index (κ2) is 6.57. The summed E-state index contributed by atoms with van der Waals surface area (Å²) in [5.41, 5.74) is 3.11. The molecule has 0 aliphatic carbocycles. The minimum absolute atomic E-state index is 0.274. The van der Waals surface area contributed by atoms with Crippen LogP contribution in [-0.4, -0.2) is 19.9 Å². The maximum Gasteiger partial charge on any atom is 0.280 e. The normalized spacial score (nSPS) is 11.8. The molecule has 3 aromatic heterocycles. The zero-order valence-corrected chi connectivity index (χ0v) is 13.5. The first-order valence-corrected chi connectivity index (χ1v) is 8.01. The van der Waals surface area contributed by atoms with E-state index in [1.54, 1.807) is 18.5 Å². The molecular formula is C20H16N4O. The third-order valence-corrected chi connectivity index (χ3v) is 3.96. The number of nitrogens with zero attached hydrogens (tertiary/aromatic N) is 4. The van der Waals surface area contributed by atoms with Gasteiger partial charge in [-0.25, -0.2) is 4.98 Å². The molecular weight excluding hydrogens is 312 g/mol. The zero-order valence-electron chi connectivity index (χ0n) is 13.5. The quantitative estimate of drug-likeness (QED) is 0.580. The molecule has 4 aromatic rings. The van der Waals surface area contributed by atoms with Crippen molar-refractivity contribution in [2.24, 2.45) is 4.99 Å². The Kier molecular flexibility index (Phi) is 3.96. The highest BCUT2D eigenvalue weighted by Gasteiger charge is 2.06. The second-order valence-corrected chi connectivity index (χ2v) is 5.70. The number of hydrogen-bond acceptors (Lipinski definition) is 2. The summed E-state index contributed by atoms with van der Waals surface area (Å²) in [4.78, 5) is 21.1. The maximum atomic E-state index is 12.6. The van der Waals surface area contributed by atoms with Crippen molar-refractivity contribution in [1.29, 1.82) is 0 Å². The third kappa shape index (κ3) is 3.26. The average molecular weight is 328 g/mol. The van der Waals surface area contributed by atoms with Crippen molar-refractivity contribution in [3.05, 3.63) is 102 Å². The SMILES string of the molecule is O=C(N=c1ccccn1Cc1ccccc1)c1ccc2nccn2c1. The predicted octanol–water partition coefficient (Wildman–Crippen LogP) is 2.93. The summed E-state index contributed by atoms with van der Waals surface area (Å²) < 4.78 is 3.77. The van der Waals surface area contributed by atoms with Crippen LogP contribution in [0.5, 0.6) is 0 Å². The van der Waals surface area contributed by atoms with Crippen LogP contribution in [-0.2, 0) is 6.54 Å². The van der Waals surface area contributed by atoms with Crippen molar-refractivity contribution in [3.63, 3.8) is 0 Å². The van der Waals surface area contributed by atoms with Crippen LogP contribution in [0.1, 0.15) is 15.9 Å². The van der Waals surface area contributed by atoms with Gasteiger partial charge in [-0.2, -0.15) is 4.99 Å². The van der Waals surface area contributed by atoms with Crippen molar-refractivity contribution in [1.82, 2.24) is 14.0 Å². The number of carbonyl (C=O) groups is 1. The molecule has 0 saturated heterocycles. The Bertz CT molecular complexity index is 1090. The van der Waals surface area contributed by atoms with E-state index in [9.17, 15) is 4.79 Å². The molecule has 0 atom stereocenters. The molecule has 1 aromatic carbocycles. The van der Waals surface area contributed by atoms with E-state index in [0.717, 1.165) is 11.2 Å². The van der Waals surface area contributed by atoms with E-state index in [1.165, 1.54) is 0 Å². The fourth-order valence-electron chi connectivity index (χ4n) is 2.70. The Labute approximate surface area is 144 Å². The number of amides is 1. The van der Waals surface area contributed by atoms with Gasteiger partial charge in [-0.1, -0.05) is 36.4 Å². The van der Waals surface area contributed by atoms with E-state index >= 15 is 0 Å². The number of hydrogen-bond donors (Lipinski definition) is 0. The van der Waals surface area contributed by atoms with Crippen LogP contribution in [0, 0.1) is 0 Å². The molecule has 0 aliphatic rings. The topological polar surface area (TPSA) is 51.7 Å². The van der Waals surface area contributed by atoms with Crippen molar-refractivity contribution in [3.8, 4) is 0 Å². The van der Waals surface area contributed by atoms with Gasteiger partial charge >= 0.3 is 0 Å². The molecule has 0 N–H and O–H groups in total. The Morgan fingerprint density at radius 2 is 1.80 bits per heavy atom. The van der Waals surface area contributed by atoms with Crippen LogP contribution >= 0.6 is 0 Å². The Balaban J connectivity index is 1.69. The highest BCUT2D eigenvalue weighted by atomic mass is 16.1. The highest BCUT2D eigenvalue weighted by Crippen LogP contribution is 2.06. The van der Waals surface area contributed by atoms with Gasteiger partial charge in [0.25, 0.3) is 5.91 Å². The van der Waals surface area contributed by atoms with Crippen molar-refractivity contribution in [2.75, 3.05) is 0 Å². The minimum Gasteiger partial charge on any atom is -0.328 e. The zero-order chi connectivity index (χ0) is 17.1. The molecule has 0 fully saturated rings. The first-order valence-electron chi connectivity index (χ1n) is 8.01. The van der Waals surface area contributed by atoms with Crippen molar-refractivity contribution in [2.45, 2.75) is 6.54 Å². The van der Waals surface area contributed by atoms with Gasteiger partial charge in [-0.15, -0.1) is 0 Å². The molecule has 0 aliphatic heterocycles. The molecule has 0 bridgehead atoms. The van der Waals surface area contributed by atoms with E-state index in [0.29, 0.717) is 17.6 Å². The van der Waals surface area contributed by atoms with Gasteiger partial charge in [-0.05, 0) is 29.8 Å². The summed E-state index contributed by atoms with van der Waals surface area (Å²) >= 11 is 0. The predicted molar refractivity (Wildman–Crippen MR) is 95.1 cm³/mol. The Hall–Kier alpha value is -3.47. The molecule has 0 spiro atoms. The number of rotatable bonds is 3. The average Bonchev–Trinajstić information content (AvgIpc) is 3.12. The van der Waals surface area contributed by atoms with E-state index in [1.807, 2.05) is 63.8 Å². The number of pyridine rings is 2. The highest BCUT2D eigenvalue weighted by molar-refractivity contribution is 5.94. The molecule has 5 nitrogen and oxygen atoms in total. The second-order valence-electron chi connectivity index (χ2n) is 5.70. The largest absolute Gasteiger partial charge is 0.328 e. The van der Waals surface area contributed by atoms with Crippen LogP contribution in [0.4, 0.5) is 0 Å². The van der Waals surface area contributed by atoms with E-state index in [-0.39, 0.29) is 5.91 Å².